The van der Waals surface area contributed by atoms with Crippen molar-refractivity contribution in [1.82, 2.24) is 9.38 Å². The van der Waals surface area contributed by atoms with Gasteiger partial charge in [-0.3, -0.25) is 0 Å². The molecule has 126 valence electrons. The fourth-order valence-electron chi connectivity index (χ4n) is 2.27. The van der Waals surface area contributed by atoms with Crippen LogP contribution in [0.3, 0.4) is 0 Å². The molecule has 0 saturated carbocycles. The van der Waals surface area contributed by atoms with Crippen LogP contribution in [-0.4, -0.2) is 15.3 Å². The summed E-state index contributed by atoms with van der Waals surface area (Å²) in [5.41, 5.74) is 9.92. The van der Waals surface area contributed by atoms with Crippen LogP contribution in [0.4, 0.5) is 5.69 Å². The Morgan fingerprint density at radius 2 is 1.96 bits per heavy atom. The highest BCUT2D eigenvalue weighted by Gasteiger charge is 2.02. The lowest BCUT2D eigenvalue weighted by Gasteiger charge is -2.05. The molecule has 0 bridgehead atoms. The summed E-state index contributed by atoms with van der Waals surface area (Å²) in [6, 6.07) is 12.1. The van der Waals surface area contributed by atoms with E-state index in [9.17, 15) is 0 Å². The molecule has 0 amide bonds. The third kappa shape index (κ3) is 4.70. The van der Waals surface area contributed by atoms with Crippen LogP contribution in [0.15, 0.2) is 58.3 Å². The SMILES string of the molecule is CCc1ccc(NC(N)=NCc2cn3cc(Br)ccc3n2)cc1.I. The molecule has 7 heteroatoms. The van der Waals surface area contributed by atoms with E-state index in [0.717, 1.165) is 27.9 Å². The molecule has 3 aromatic rings. The number of nitrogens with zero attached hydrogens (tertiary/aromatic N) is 3. The van der Waals surface area contributed by atoms with Gasteiger partial charge in [-0.2, -0.15) is 0 Å². The van der Waals surface area contributed by atoms with Crippen molar-refractivity contribution in [3.63, 3.8) is 0 Å². The number of fused-ring (bicyclic) bond motifs is 1. The molecular formula is C17H19BrIN5. The second-order valence-corrected chi connectivity index (χ2v) is 6.14. The molecule has 0 aliphatic heterocycles. The smallest absolute Gasteiger partial charge is 0.193 e. The first-order valence-corrected chi connectivity index (χ1v) is 8.22. The molecule has 2 aromatic heterocycles. The maximum atomic E-state index is 5.94. The van der Waals surface area contributed by atoms with E-state index in [1.165, 1.54) is 5.56 Å². The molecule has 3 N–H and O–H groups in total. The number of pyridine rings is 1. The van der Waals surface area contributed by atoms with E-state index in [2.05, 4.69) is 50.3 Å². The number of aryl methyl sites for hydroxylation is 1. The Morgan fingerprint density at radius 1 is 1.21 bits per heavy atom. The topological polar surface area (TPSA) is 67.7 Å². The van der Waals surface area contributed by atoms with Gasteiger partial charge in [-0.15, -0.1) is 24.0 Å². The molecule has 0 aliphatic rings. The lowest BCUT2D eigenvalue weighted by Crippen LogP contribution is -2.22. The van der Waals surface area contributed by atoms with E-state index in [0.29, 0.717) is 12.5 Å². The number of hydrogen-bond donors (Lipinski definition) is 2. The highest BCUT2D eigenvalue weighted by atomic mass is 127. The summed E-state index contributed by atoms with van der Waals surface area (Å²) in [6.07, 6.45) is 4.94. The Hall–Kier alpha value is -1.61. The molecule has 2 heterocycles. The number of rotatable bonds is 4. The molecule has 0 radical (unpaired) electrons. The van der Waals surface area contributed by atoms with E-state index >= 15 is 0 Å². The summed E-state index contributed by atoms with van der Waals surface area (Å²) in [5, 5.41) is 3.09. The van der Waals surface area contributed by atoms with Crippen molar-refractivity contribution >= 4 is 57.2 Å². The van der Waals surface area contributed by atoms with Crippen LogP contribution in [0, 0.1) is 0 Å². The number of guanidine groups is 1. The van der Waals surface area contributed by atoms with Gasteiger partial charge in [-0.25, -0.2) is 9.98 Å². The standard InChI is InChI=1S/C17H18BrN5.HI/c1-2-12-3-6-14(7-4-12)22-17(19)20-9-15-11-23-10-13(18)5-8-16(23)21-15;/h3-8,10-11H,2,9H2,1H3,(H3,19,20,22);1H. The Labute approximate surface area is 166 Å². The van der Waals surface area contributed by atoms with E-state index in [1.54, 1.807) is 0 Å². The zero-order valence-corrected chi connectivity index (χ0v) is 17.2. The Kier molecular flexibility index (Phi) is 6.61. The van der Waals surface area contributed by atoms with Crippen molar-refractivity contribution in [3.8, 4) is 0 Å². The minimum absolute atomic E-state index is 0. The first-order chi connectivity index (χ1) is 11.1. The number of anilines is 1. The summed E-state index contributed by atoms with van der Waals surface area (Å²) in [7, 11) is 0. The minimum atomic E-state index is 0. The fraction of sp³-hybridized carbons (Fsp3) is 0.176. The first kappa shape index (κ1) is 18.7. The number of nitrogens with one attached hydrogen (secondary N) is 1. The van der Waals surface area contributed by atoms with Gasteiger partial charge >= 0.3 is 0 Å². The van der Waals surface area contributed by atoms with Gasteiger partial charge in [0.25, 0.3) is 0 Å². The predicted molar refractivity (Wildman–Crippen MR) is 113 cm³/mol. The maximum absolute atomic E-state index is 5.94. The van der Waals surface area contributed by atoms with E-state index in [1.807, 2.05) is 41.1 Å². The highest BCUT2D eigenvalue weighted by molar-refractivity contribution is 14.0. The number of benzene rings is 1. The third-order valence-electron chi connectivity index (χ3n) is 3.51. The zero-order chi connectivity index (χ0) is 16.2. The molecule has 5 nitrogen and oxygen atoms in total. The van der Waals surface area contributed by atoms with Crippen molar-refractivity contribution in [1.29, 1.82) is 0 Å². The van der Waals surface area contributed by atoms with E-state index in [4.69, 9.17) is 5.73 Å². The van der Waals surface area contributed by atoms with Gasteiger partial charge in [0, 0.05) is 22.6 Å². The van der Waals surface area contributed by atoms with Crippen molar-refractivity contribution in [2.24, 2.45) is 10.7 Å². The predicted octanol–water partition coefficient (Wildman–Crippen LogP) is 4.20. The van der Waals surface area contributed by atoms with Crippen molar-refractivity contribution < 1.29 is 0 Å². The average molecular weight is 500 g/mol. The molecule has 3 rings (SSSR count). The maximum Gasteiger partial charge on any atom is 0.193 e. The van der Waals surface area contributed by atoms with E-state index in [-0.39, 0.29) is 24.0 Å². The van der Waals surface area contributed by atoms with Crippen LogP contribution in [0.5, 0.6) is 0 Å². The Bertz CT molecular complexity index is 842. The highest BCUT2D eigenvalue weighted by Crippen LogP contribution is 2.13. The van der Waals surface area contributed by atoms with Gasteiger partial charge in [0.2, 0.25) is 0 Å². The molecular weight excluding hydrogens is 481 g/mol. The van der Waals surface area contributed by atoms with Crippen LogP contribution < -0.4 is 11.1 Å². The Morgan fingerprint density at radius 3 is 2.67 bits per heavy atom. The van der Waals surface area contributed by atoms with Crippen LogP contribution in [0.2, 0.25) is 0 Å². The van der Waals surface area contributed by atoms with Gasteiger partial charge in [-0.05, 0) is 52.2 Å². The Balaban J connectivity index is 0.00000208. The van der Waals surface area contributed by atoms with E-state index < -0.39 is 0 Å². The summed E-state index contributed by atoms with van der Waals surface area (Å²) < 4.78 is 2.97. The molecule has 0 atom stereocenters. The van der Waals surface area contributed by atoms with Crippen LogP contribution >= 0.6 is 39.9 Å². The molecule has 0 saturated heterocycles. The third-order valence-corrected chi connectivity index (χ3v) is 3.98. The fourth-order valence-corrected chi connectivity index (χ4v) is 2.62. The number of halogens is 2. The molecule has 1 aromatic carbocycles. The van der Waals surface area contributed by atoms with Gasteiger partial charge in [0.15, 0.2) is 5.96 Å². The van der Waals surface area contributed by atoms with Gasteiger partial charge in [0.1, 0.15) is 5.65 Å². The normalized spacial score (nSPS) is 11.3. The summed E-state index contributed by atoms with van der Waals surface area (Å²) in [6.45, 7) is 2.57. The number of aliphatic imine (C=N–C) groups is 1. The van der Waals surface area contributed by atoms with Gasteiger partial charge in [-0.1, -0.05) is 19.1 Å². The average Bonchev–Trinajstić information content (AvgIpc) is 2.95. The summed E-state index contributed by atoms with van der Waals surface area (Å²) in [4.78, 5) is 8.85. The molecule has 0 fully saturated rings. The lowest BCUT2D eigenvalue weighted by molar-refractivity contribution is 1.01. The first-order valence-electron chi connectivity index (χ1n) is 7.43. The minimum Gasteiger partial charge on any atom is -0.370 e. The second kappa shape index (κ2) is 8.48. The van der Waals surface area contributed by atoms with Crippen LogP contribution in [0.1, 0.15) is 18.2 Å². The monoisotopic (exact) mass is 499 g/mol. The lowest BCUT2D eigenvalue weighted by atomic mass is 10.1. The molecule has 0 unspecified atom stereocenters. The van der Waals surface area contributed by atoms with Crippen molar-refractivity contribution in [2.45, 2.75) is 19.9 Å². The summed E-state index contributed by atoms with van der Waals surface area (Å²) >= 11 is 3.44. The van der Waals surface area contributed by atoms with Crippen molar-refractivity contribution in [3.05, 3.63) is 64.5 Å². The largest absolute Gasteiger partial charge is 0.370 e. The van der Waals surface area contributed by atoms with Crippen LogP contribution in [0.25, 0.3) is 5.65 Å². The second-order valence-electron chi connectivity index (χ2n) is 5.22. The zero-order valence-electron chi connectivity index (χ0n) is 13.2. The number of nitrogens with two attached hydrogens (primary N) is 1. The van der Waals surface area contributed by atoms with Crippen molar-refractivity contribution in [2.75, 3.05) is 5.32 Å². The number of imidazole rings is 1. The number of aromatic nitrogens is 2. The van der Waals surface area contributed by atoms with Gasteiger partial charge in [0.05, 0.1) is 12.2 Å². The quantitative estimate of drug-likeness (QED) is 0.321. The molecule has 24 heavy (non-hydrogen) atoms. The number of hydrogen-bond acceptors (Lipinski definition) is 2. The van der Waals surface area contributed by atoms with Crippen LogP contribution in [-0.2, 0) is 13.0 Å². The summed E-state index contributed by atoms with van der Waals surface area (Å²) in [5.74, 6) is 0.382. The van der Waals surface area contributed by atoms with Gasteiger partial charge < -0.3 is 15.5 Å². The molecule has 0 aliphatic carbocycles. The molecule has 0 spiro atoms.